The van der Waals surface area contributed by atoms with Gasteiger partial charge in [0.25, 0.3) is 5.91 Å². The monoisotopic (exact) mass is 284 g/mol. The van der Waals surface area contributed by atoms with E-state index in [1.807, 2.05) is 29.2 Å². The third-order valence-electron chi connectivity index (χ3n) is 4.41. The van der Waals surface area contributed by atoms with Crippen molar-refractivity contribution in [3.05, 3.63) is 36.2 Å². The summed E-state index contributed by atoms with van der Waals surface area (Å²) in [6, 6.07) is 7.46. The van der Waals surface area contributed by atoms with Crippen molar-refractivity contribution < 1.29 is 4.79 Å². The SMILES string of the molecule is O=C(c1ccccc1-n1cnnn1)N1C[C@H]2CNC[C@H]2C1. The number of para-hydroxylation sites is 1. The maximum atomic E-state index is 12.8. The summed E-state index contributed by atoms with van der Waals surface area (Å²) >= 11 is 0. The highest BCUT2D eigenvalue weighted by Crippen LogP contribution is 2.28. The largest absolute Gasteiger partial charge is 0.338 e. The molecule has 0 unspecified atom stereocenters. The lowest BCUT2D eigenvalue weighted by Gasteiger charge is -2.19. The van der Waals surface area contributed by atoms with Crippen molar-refractivity contribution in [2.45, 2.75) is 0 Å². The van der Waals surface area contributed by atoms with Crippen LogP contribution in [0.1, 0.15) is 10.4 Å². The van der Waals surface area contributed by atoms with Gasteiger partial charge in [0.05, 0.1) is 11.3 Å². The number of likely N-dealkylation sites (tertiary alicyclic amines) is 1. The molecule has 1 aromatic carbocycles. The molecule has 2 aliphatic heterocycles. The van der Waals surface area contributed by atoms with Crippen LogP contribution in [0.3, 0.4) is 0 Å². The molecule has 0 spiro atoms. The van der Waals surface area contributed by atoms with Crippen LogP contribution in [-0.2, 0) is 0 Å². The molecule has 0 aliphatic carbocycles. The molecule has 2 saturated heterocycles. The van der Waals surface area contributed by atoms with Crippen LogP contribution < -0.4 is 5.32 Å². The van der Waals surface area contributed by atoms with Gasteiger partial charge in [-0.2, -0.15) is 4.68 Å². The number of carbonyl (C=O) groups is 1. The Labute approximate surface area is 121 Å². The predicted octanol–water partition coefficient (Wildman–Crippen LogP) is -0.0463. The van der Waals surface area contributed by atoms with E-state index in [0.717, 1.165) is 31.9 Å². The second-order valence-corrected chi connectivity index (χ2v) is 5.66. The first-order valence-electron chi connectivity index (χ1n) is 7.15. The molecule has 1 amide bonds. The average molecular weight is 284 g/mol. The number of rotatable bonds is 2. The predicted molar refractivity (Wildman–Crippen MR) is 74.9 cm³/mol. The van der Waals surface area contributed by atoms with Gasteiger partial charge < -0.3 is 10.2 Å². The molecule has 1 aromatic heterocycles. The summed E-state index contributed by atoms with van der Waals surface area (Å²) in [5.41, 5.74) is 1.38. The number of amides is 1. The summed E-state index contributed by atoms with van der Waals surface area (Å²) in [5.74, 6) is 1.25. The van der Waals surface area contributed by atoms with E-state index in [4.69, 9.17) is 0 Å². The molecule has 7 nitrogen and oxygen atoms in total. The van der Waals surface area contributed by atoms with Crippen LogP contribution in [0.2, 0.25) is 0 Å². The second kappa shape index (κ2) is 4.92. The van der Waals surface area contributed by atoms with Crippen molar-refractivity contribution in [2.24, 2.45) is 11.8 Å². The highest BCUT2D eigenvalue weighted by Gasteiger charge is 2.38. The van der Waals surface area contributed by atoms with Crippen molar-refractivity contribution in [3.8, 4) is 5.69 Å². The molecule has 2 atom stereocenters. The number of hydrogen-bond donors (Lipinski definition) is 1. The summed E-state index contributed by atoms with van der Waals surface area (Å²) in [4.78, 5) is 14.8. The lowest BCUT2D eigenvalue weighted by atomic mass is 10.0. The third kappa shape index (κ3) is 2.09. The van der Waals surface area contributed by atoms with Crippen LogP contribution in [0.25, 0.3) is 5.69 Å². The molecular weight excluding hydrogens is 268 g/mol. The fraction of sp³-hybridized carbons (Fsp3) is 0.429. The van der Waals surface area contributed by atoms with Crippen molar-refractivity contribution in [2.75, 3.05) is 26.2 Å². The number of nitrogens with one attached hydrogen (secondary N) is 1. The van der Waals surface area contributed by atoms with Gasteiger partial charge >= 0.3 is 0 Å². The molecule has 0 radical (unpaired) electrons. The maximum Gasteiger partial charge on any atom is 0.256 e. The molecule has 4 rings (SSSR count). The minimum absolute atomic E-state index is 0.0653. The Morgan fingerprint density at radius 3 is 2.67 bits per heavy atom. The topological polar surface area (TPSA) is 75.9 Å². The highest BCUT2D eigenvalue weighted by molar-refractivity contribution is 5.97. The van der Waals surface area contributed by atoms with Gasteiger partial charge in [0.2, 0.25) is 0 Å². The Kier molecular flexibility index (Phi) is 2.92. The fourth-order valence-electron chi connectivity index (χ4n) is 3.32. The van der Waals surface area contributed by atoms with Crippen LogP contribution in [0.4, 0.5) is 0 Å². The molecule has 0 bridgehead atoms. The number of aromatic nitrogens is 4. The molecule has 0 saturated carbocycles. The van der Waals surface area contributed by atoms with E-state index in [-0.39, 0.29) is 5.91 Å². The van der Waals surface area contributed by atoms with E-state index in [9.17, 15) is 4.79 Å². The van der Waals surface area contributed by atoms with E-state index in [0.29, 0.717) is 17.4 Å². The van der Waals surface area contributed by atoms with Gasteiger partial charge in [-0.3, -0.25) is 4.79 Å². The zero-order chi connectivity index (χ0) is 14.2. The summed E-state index contributed by atoms with van der Waals surface area (Å²) in [6.45, 7) is 3.70. The Hall–Kier alpha value is -2.28. The van der Waals surface area contributed by atoms with Crippen LogP contribution in [0, 0.1) is 11.8 Å². The quantitative estimate of drug-likeness (QED) is 0.837. The third-order valence-corrected chi connectivity index (χ3v) is 4.41. The number of nitrogens with zero attached hydrogens (tertiary/aromatic N) is 5. The molecule has 108 valence electrons. The van der Waals surface area contributed by atoms with E-state index in [2.05, 4.69) is 20.8 Å². The number of benzene rings is 1. The van der Waals surface area contributed by atoms with Gasteiger partial charge in [-0.05, 0) is 34.4 Å². The first-order valence-corrected chi connectivity index (χ1v) is 7.15. The average Bonchev–Trinajstić information content (AvgIpc) is 3.22. The fourth-order valence-corrected chi connectivity index (χ4v) is 3.32. The molecule has 2 aliphatic rings. The van der Waals surface area contributed by atoms with E-state index >= 15 is 0 Å². The van der Waals surface area contributed by atoms with Crippen LogP contribution in [-0.4, -0.2) is 57.2 Å². The van der Waals surface area contributed by atoms with Crippen molar-refractivity contribution in [3.63, 3.8) is 0 Å². The normalized spacial score (nSPS) is 24.3. The summed E-state index contributed by atoms with van der Waals surface area (Å²) in [7, 11) is 0. The summed E-state index contributed by atoms with van der Waals surface area (Å²) in [5, 5.41) is 14.6. The van der Waals surface area contributed by atoms with Crippen molar-refractivity contribution in [1.29, 1.82) is 0 Å². The van der Waals surface area contributed by atoms with Gasteiger partial charge in [0, 0.05) is 26.2 Å². The first-order chi connectivity index (χ1) is 10.3. The Balaban J connectivity index is 1.63. The number of carbonyl (C=O) groups excluding carboxylic acids is 1. The minimum atomic E-state index is 0.0653. The first kappa shape index (κ1) is 12.5. The standard InChI is InChI=1S/C14H16N6O/c21-14(19-7-10-5-15-6-11(10)8-19)12-3-1-2-4-13(12)20-9-16-17-18-20/h1-4,9-11,15H,5-8H2/t10-,11+. The van der Waals surface area contributed by atoms with Crippen LogP contribution >= 0.6 is 0 Å². The van der Waals surface area contributed by atoms with E-state index in [1.54, 1.807) is 0 Å². The molecule has 21 heavy (non-hydrogen) atoms. The molecule has 2 aromatic rings. The van der Waals surface area contributed by atoms with Gasteiger partial charge in [-0.25, -0.2) is 0 Å². The lowest BCUT2D eigenvalue weighted by molar-refractivity contribution is 0.0781. The zero-order valence-electron chi connectivity index (χ0n) is 11.5. The maximum absolute atomic E-state index is 12.8. The van der Waals surface area contributed by atoms with Crippen molar-refractivity contribution >= 4 is 5.91 Å². The zero-order valence-corrected chi connectivity index (χ0v) is 11.5. The Bertz CT molecular complexity index is 643. The lowest BCUT2D eigenvalue weighted by Crippen LogP contribution is -2.32. The number of tetrazole rings is 1. The minimum Gasteiger partial charge on any atom is -0.338 e. The van der Waals surface area contributed by atoms with Crippen molar-refractivity contribution in [1.82, 2.24) is 30.4 Å². The Morgan fingerprint density at radius 1 is 1.19 bits per heavy atom. The van der Waals surface area contributed by atoms with Gasteiger partial charge in [0.15, 0.2) is 0 Å². The Morgan fingerprint density at radius 2 is 1.95 bits per heavy atom. The summed E-state index contributed by atoms with van der Waals surface area (Å²) < 4.78 is 1.53. The number of fused-ring (bicyclic) bond motifs is 1. The van der Waals surface area contributed by atoms with Gasteiger partial charge in [-0.1, -0.05) is 12.1 Å². The van der Waals surface area contributed by atoms with E-state index in [1.165, 1.54) is 11.0 Å². The van der Waals surface area contributed by atoms with Gasteiger partial charge in [0.1, 0.15) is 6.33 Å². The van der Waals surface area contributed by atoms with Crippen LogP contribution in [0.5, 0.6) is 0 Å². The van der Waals surface area contributed by atoms with Gasteiger partial charge in [-0.15, -0.1) is 5.10 Å². The van der Waals surface area contributed by atoms with E-state index < -0.39 is 0 Å². The summed E-state index contributed by atoms with van der Waals surface area (Å²) in [6.07, 6.45) is 1.51. The number of hydrogen-bond acceptors (Lipinski definition) is 5. The molecule has 3 heterocycles. The van der Waals surface area contributed by atoms with Crippen LogP contribution in [0.15, 0.2) is 30.6 Å². The smallest absolute Gasteiger partial charge is 0.256 e. The molecule has 2 fully saturated rings. The molecular formula is C14H16N6O. The molecule has 7 heteroatoms. The molecule has 1 N–H and O–H groups in total. The second-order valence-electron chi connectivity index (χ2n) is 5.66. The highest BCUT2D eigenvalue weighted by atomic mass is 16.2.